The van der Waals surface area contributed by atoms with Crippen molar-refractivity contribution >= 4 is 11.8 Å². The molecule has 0 radical (unpaired) electrons. The van der Waals surface area contributed by atoms with Crippen molar-refractivity contribution in [3.05, 3.63) is 59.7 Å². The molecule has 1 saturated heterocycles. The molecule has 4 nitrogen and oxygen atoms in total. The molecule has 1 aliphatic heterocycles. The molecule has 1 heterocycles. The Morgan fingerprint density at radius 3 is 2.47 bits per heavy atom. The fourth-order valence-corrected chi connectivity index (χ4v) is 10.3. The maximum absolute atomic E-state index is 13.2. The monoisotopic (exact) mass is 593 g/mol. The number of rotatable bonds is 3. The van der Waals surface area contributed by atoms with Gasteiger partial charge >= 0.3 is 12.1 Å². The van der Waals surface area contributed by atoms with Crippen LogP contribution in [0.1, 0.15) is 82.8 Å². The number of hydrogen-bond donors (Lipinski definition) is 0. The lowest BCUT2D eigenvalue weighted by atomic mass is 9.44. The zero-order valence-corrected chi connectivity index (χ0v) is 25.2. The normalized spacial score (nSPS) is 37.9. The number of Topliss-reactive ketones (excluding diaryl/α,β-unsaturated/α-hetero) is 1. The van der Waals surface area contributed by atoms with Gasteiger partial charge in [-0.1, -0.05) is 50.2 Å². The van der Waals surface area contributed by atoms with Crippen LogP contribution in [0.2, 0.25) is 0 Å². The number of ketones is 1. The molecule has 0 N–H and O–H groups in total. The lowest BCUT2D eigenvalue weighted by Crippen LogP contribution is -2.61. The summed E-state index contributed by atoms with van der Waals surface area (Å²) in [4.78, 5) is 27.9. The Morgan fingerprint density at radius 1 is 0.907 bits per heavy atom. The molecule has 5 aliphatic rings. The number of carbonyl (C=O) groups excluding carboxylic acids is 2. The van der Waals surface area contributed by atoms with Gasteiger partial charge in [0, 0.05) is 24.9 Å². The van der Waals surface area contributed by atoms with Crippen LogP contribution in [-0.4, -0.2) is 35.3 Å². The molecule has 0 amide bonds. The van der Waals surface area contributed by atoms with Crippen LogP contribution in [0, 0.1) is 34.5 Å². The van der Waals surface area contributed by atoms with E-state index < -0.39 is 17.3 Å². The highest BCUT2D eigenvalue weighted by atomic mass is 19.4. The number of carbonyl (C=O) groups is 2. The van der Waals surface area contributed by atoms with Gasteiger partial charge in [0.15, 0.2) is 0 Å². The van der Waals surface area contributed by atoms with E-state index in [0.29, 0.717) is 48.1 Å². The second-order valence-corrected chi connectivity index (χ2v) is 14.9. The van der Waals surface area contributed by atoms with E-state index >= 15 is 0 Å². The number of halogens is 3. The van der Waals surface area contributed by atoms with E-state index in [1.807, 2.05) is 24.3 Å². The predicted molar refractivity (Wildman–Crippen MR) is 158 cm³/mol. The molecule has 7 atom stereocenters. The number of nitrogens with zero attached hydrogens (tertiary/aromatic N) is 1. The van der Waals surface area contributed by atoms with Gasteiger partial charge in [-0.05, 0) is 109 Å². The van der Waals surface area contributed by atoms with Crippen molar-refractivity contribution in [2.75, 3.05) is 13.1 Å². The van der Waals surface area contributed by atoms with Crippen molar-refractivity contribution in [2.45, 2.75) is 90.0 Å². The summed E-state index contributed by atoms with van der Waals surface area (Å²) in [5.41, 5.74) is 1.30. The fraction of sp³-hybridized carbons (Fsp3) is 0.611. The summed E-state index contributed by atoms with van der Waals surface area (Å²) >= 11 is 0. The standard InChI is InChI=1S/C36H42F3NO3/c1-33-16-17-35(19-27(33)10-11-28-29-12-13-31(41)34(29,2)15-14-30(28)33)22-40(21-32(42)43-35)20-23-6-8-24(9-7-23)25-4-3-5-26(18-25)36(37,38)39/h3-9,18,27-30H,10-17,19-22H2,1-2H3/t27-,28-,29-,30-,33-,34-,35+/m0/s1. The third-order valence-corrected chi connectivity index (χ3v) is 12.6. The van der Waals surface area contributed by atoms with Crippen molar-refractivity contribution in [3.63, 3.8) is 0 Å². The fourth-order valence-electron chi connectivity index (χ4n) is 10.3. The molecule has 5 fully saturated rings. The molecule has 0 aromatic heterocycles. The smallest absolute Gasteiger partial charge is 0.416 e. The summed E-state index contributed by atoms with van der Waals surface area (Å²) in [6.45, 7) is 6.29. The van der Waals surface area contributed by atoms with Crippen molar-refractivity contribution in [3.8, 4) is 11.1 Å². The number of morpholine rings is 1. The Hall–Kier alpha value is -2.67. The first-order chi connectivity index (χ1) is 20.4. The van der Waals surface area contributed by atoms with Gasteiger partial charge in [0.2, 0.25) is 0 Å². The molecule has 1 spiro atoms. The topological polar surface area (TPSA) is 46.6 Å². The lowest BCUT2D eigenvalue weighted by molar-refractivity contribution is -0.200. The van der Waals surface area contributed by atoms with Gasteiger partial charge in [0.1, 0.15) is 11.4 Å². The first-order valence-corrected chi connectivity index (χ1v) is 16.1. The number of benzene rings is 2. The van der Waals surface area contributed by atoms with E-state index in [4.69, 9.17) is 4.74 Å². The summed E-state index contributed by atoms with van der Waals surface area (Å²) in [5, 5.41) is 0. The van der Waals surface area contributed by atoms with Crippen molar-refractivity contribution < 1.29 is 27.5 Å². The molecule has 0 bridgehead atoms. The molecule has 7 heteroatoms. The summed E-state index contributed by atoms with van der Waals surface area (Å²) in [5.74, 6) is 2.68. The molecule has 43 heavy (non-hydrogen) atoms. The van der Waals surface area contributed by atoms with E-state index in [1.165, 1.54) is 18.6 Å². The maximum atomic E-state index is 13.2. The van der Waals surface area contributed by atoms with Crippen LogP contribution >= 0.6 is 0 Å². The third kappa shape index (κ3) is 4.94. The maximum Gasteiger partial charge on any atom is 0.416 e. The minimum atomic E-state index is -4.38. The minimum absolute atomic E-state index is 0.106. The second-order valence-electron chi connectivity index (χ2n) is 14.9. The van der Waals surface area contributed by atoms with Gasteiger partial charge in [-0.15, -0.1) is 0 Å². The highest BCUT2D eigenvalue weighted by Gasteiger charge is 2.62. The molecule has 2 aromatic rings. The van der Waals surface area contributed by atoms with Gasteiger partial charge in [-0.25, -0.2) is 0 Å². The van der Waals surface area contributed by atoms with Crippen LogP contribution in [-0.2, 0) is 27.0 Å². The Labute approximate surface area is 252 Å². The van der Waals surface area contributed by atoms with E-state index in [2.05, 4.69) is 18.7 Å². The van der Waals surface area contributed by atoms with Gasteiger partial charge < -0.3 is 4.74 Å². The Bertz CT molecular complexity index is 1420. The largest absolute Gasteiger partial charge is 0.457 e. The molecule has 230 valence electrons. The van der Waals surface area contributed by atoms with Crippen LogP contribution in [0.5, 0.6) is 0 Å². The number of fused-ring (bicyclic) bond motifs is 5. The summed E-state index contributed by atoms with van der Waals surface area (Å²) in [6.07, 6.45) is 4.79. The summed E-state index contributed by atoms with van der Waals surface area (Å²) < 4.78 is 45.8. The van der Waals surface area contributed by atoms with Crippen molar-refractivity contribution in [1.82, 2.24) is 4.90 Å². The second kappa shape index (κ2) is 10.2. The van der Waals surface area contributed by atoms with Gasteiger partial charge in [0.25, 0.3) is 0 Å². The average Bonchev–Trinajstić information content (AvgIpc) is 3.27. The molecule has 7 rings (SSSR count). The van der Waals surface area contributed by atoms with Crippen LogP contribution in [0.15, 0.2) is 48.5 Å². The van der Waals surface area contributed by atoms with Crippen molar-refractivity contribution in [1.29, 1.82) is 0 Å². The Kier molecular flexibility index (Phi) is 6.88. The van der Waals surface area contributed by atoms with E-state index in [1.54, 1.807) is 6.07 Å². The molecule has 4 aliphatic carbocycles. The highest BCUT2D eigenvalue weighted by molar-refractivity contribution is 5.87. The highest BCUT2D eigenvalue weighted by Crippen LogP contribution is 2.66. The average molecular weight is 594 g/mol. The van der Waals surface area contributed by atoms with Gasteiger partial charge in [-0.2, -0.15) is 13.2 Å². The molecule has 2 aromatic carbocycles. The zero-order valence-electron chi connectivity index (χ0n) is 25.2. The molecule has 4 saturated carbocycles. The molecule has 0 unspecified atom stereocenters. The van der Waals surface area contributed by atoms with E-state index in [0.717, 1.165) is 68.6 Å². The summed E-state index contributed by atoms with van der Waals surface area (Å²) in [7, 11) is 0. The third-order valence-electron chi connectivity index (χ3n) is 12.6. The zero-order chi connectivity index (χ0) is 30.2. The quantitative estimate of drug-likeness (QED) is 0.338. The van der Waals surface area contributed by atoms with Crippen LogP contribution in [0.3, 0.4) is 0 Å². The van der Waals surface area contributed by atoms with E-state index in [9.17, 15) is 22.8 Å². The van der Waals surface area contributed by atoms with Crippen molar-refractivity contribution in [2.24, 2.45) is 34.5 Å². The lowest BCUT2D eigenvalue weighted by Gasteiger charge is -2.62. The number of esters is 1. The number of ether oxygens (including phenoxy) is 1. The predicted octanol–water partition coefficient (Wildman–Crippen LogP) is 8.08. The van der Waals surface area contributed by atoms with E-state index in [-0.39, 0.29) is 23.3 Å². The van der Waals surface area contributed by atoms with Crippen LogP contribution in [0.25, 0.3) is 11.1 Å². The Balaban J connectivity index is 1.04. The number of hydrogen-bond acceptors (Lipinski definition) is 4. The first-order valence-electron chi connectivity index (χ1n) is 16.1. The SMILES string of the molecule is C[C@]12CC[C@@]3(C[C@@H]1CC[C@@H]1[C@@H]2CC[C@]2(C)C(=O)CC[C@@H]12)CN(Cc1ccc(-c2cccc(C(F)(F)F)c2)cc1)CC(=O)O3. The molecular formula is C36H42F3NO3. The van der Waals surface area contributed by atoms with Gasteiger partial charge in [0.05, 0.1) is 12.1 Å². The van der Waals surface area contributed by atoms with Gasteiger partial charge in [-0.3, -0.25) is 14.5 Å². The Morgan fingerprint density at radius 2 is 1.70 bits per heavy atom. The molecular weight excluding hydrogens is 551 g/mol. The minimum Gasteiger partial charge on any atom is -0.457 e. The van der Waals surface area contributed by atoms with Crippen LogP contribution in [0.4, 0.5) is 13.2 Å². The van der Waals surface area contributed by atoms with Crippen LogP contribution < -0.4 is 0 Å². The number of alkyl halides is 3. The summed E-state index contributed by atoms with van der Waals surface area (Å²) in [6, 6.07) is 13.0. The first kappa shape index (κ1) is 29.1.